The Bertz CT molecular complexity index is 338. The number of carboxylic acids is 1. The first kappa shape index (κ1) is 11.9. The molecule has 1 aromatic carbocycles. The number of ether oxygens (including phenoxy) is 1. The zero-order valence-electron chi connectivity index (χ0n) is 8.44. The van der Waals surface area contributed by atoms with E-state index >= 15 is 0 Å². The van der Waals surface area contributed by atoms with Crippen molar-refractivity contribution in [2.75, 3.05) is 6.61 Å². The highest BCUT2D eigenvalue weighted by atomic mass is 35.5. The number of carbonyl (C=O) groups is 1. The zero-order valence-corrected chi connectivity index (χ0v) is 9.20. The van der Waals surface area contributed by atoms with Gasteiger partial charge < -0.3 is 9.84 Å². The van der Waals surface area contributed by atoms with Crippen LogP contribution in [0.4, 0.5) is 0 Å². The molecule has 0 aliphatic carbocycles. The minimum Gasteiger partial charge on any atom is -0.494 e. The van der Waals surface area contributed by atoms with E-state index in [1.165, 1.54) is 0 Å². The van der Waals surface area contributed by atoms with Crippen molar-refractivity contribution in [2.24, 2.45) is 5.92 Å². The fourth-order valence-electron chi connectivity index (χ4n) is 1.03. The average molecular weight is 229 g/mol. The quantitative estimate of drug-likeness (QED) is 0.843. The molecule has 0 bridgehead atoms. The average Bonchev–Trinajstić information content (AvgIpc) is 2.17. The van der Waals surface area contributed by atoms with Gasteiger partial charge in [-0.25, -0.2) is 0 Å². The smallest absolute Gasteiger partial charge is 0.306 e. The van der Waals surface area contributed by atoms with Crippen LogP contribution in [0.2, 0.25) is 5.02 Å². The Morgan fingerprint density at radius 1 is 1.60 bits per heavy atom. The van der Waals surface area contributed by atoms with Crippen LogP contribution in [-0.2, 0) is 4.79 Å². The Balaban J connectivity index is 2.35. The molecule has 82 valence electrons. The highest BCUT2D eigenvalue weighted by Gasteiger charge is 2.10. The molecule has 0 aromatic heterocycles. The molecule has 1 atom stereocenters. The first-order valence-electron chi connectivity index (χ1n) is 4.71. The van der Waals surface area contributed by atoms with E-state index in [2.05, 4.69) is 0 Å². The van der Waals surface area contributed by atoms with Crippen LogP contribution in [0.3, 0.4) is 0 Å². The van der Waals surface area contributed by atoms with Gasteiger partial charge in [-0.05, 0) is 24.6 Å². The number of hydrogen-bond acceptors (Lipinski definition) is 2. The van der Waals surface area contributed by atoms with Crippen LogP contribution in [0.15, 0.2) is 24.3 Å². The van der Waals surface area contributed by atoms with Crippen molar-refractivity contribution in [3.8, 4) is 5.75 Å². The van der Waals surface area contributed by atoms with Gasteiger partial charge in [-0.3, -0.25) is 4.79 Å². The maximum absolute atomic E-state index is 10.5. The Hall–Kier alpha value is -1.22. The van der Waals surface area contributed by atoms with Crippen LogP contribution < -0.4 is 4.74 Å². The lowest BCUT2D eigenvalue weighted by atomic mass is 10.1. The van der Waals surface area contributed by atoms with Gasteiger partial charge in [0.15, 0.2) is 0 Å². The third-order valence-corrected chi connectivity index (χ3v) is 2.27. The Morgan fingerprint density at radius 3 is 2.93 bits per heavy atom. The number of halogens is 1. The topological polar surface area (TPSA) is 46.5 Å². The normalized spacial score (nSPS) is 12.1. The van der Waals surface area contributed by atoms with Crippen LogP contribution >= 0.6 is 11.6 Å². The van der Waals surface area contributed by atoms with Gasteiger partial charge in [0.1, 0.15) is 5.75 Å². The van der Waals surface area contributed by atoms with Crippen molar-refractivity contribution in [3.05, 3.63) is 29.3 Å². The first-order valence-corrected chi connectivity index (χ1v) is 5.08. The molecular formula is C11H13ClO3. The van der Waals surface area contributed by atoms with Crippen LogP contribution in [0.5, 0.6) is 5.75 Å². The first-order chi connectivity index (χ1) is 7.09. The molecule has 15 heavy (non-hydrogen) atoms. The molecule has 0 aliphatic rings. The summed E-state index contributed by atoms with van der Waals surface area (Å²) in [6.45, 7) is 2.04. The summed E-state index contributed by atoms with van der Waals surface area (Å²) in [5.74, 6) is -0.519. The highest BCUT2D eigenvalue weighted by Crippen LogP contribution is 2.17. The van der Waals surface area contributed by atoms with E-state index in [-0.39, 0.29) is 5.92 Å². The highest BCUT2D eigenvalue weighted by molar-refractivity contribution is 6.30. The molecule has 0 amide bonds. The van der Waals surface area contributed by atoms with E-state index in [0.29, 0.717) is 23.8 Å². The molecular weight excluding hydrogens is 216 g/mol. The van der Waals surface area contributed by atoms with E-state index in [1.54, 1.807) is 31.2 Å². The van der Waals surface area contributed by atoms with Gasteiger partial charge in [0, 0.05) is 5.02 Å². The fourth-order valence-corrected chi connectivity index (χ4v) is 1.21. The molecule has 0 radical (unpaired) electrons. The monoisotopic (exact) mass is 228 g/mol. The Kier molecular flexibility index (Phi) is 4.43. The van der Waals surface area contributed by atoms with Crippen molar-refractivity contribution >= 4 is 17.6 Å². The molecule has 1 rings (SSSR count). The van der Waals surface area contributed by atoms with Crippen molar-refractivity contribution in [3.63, 3.8) is 0 Å². The fraction of sp³-hybridized carbons (Fsp3) is 0.364. The molecule has 1 N–H and O–H groups in total. The molecule has 0 spiro atoms. The SMILES string of the molecule is CC(CCOc1cccc(Cl)c1)C(=O)O. The molecule has 0 fully saturated rings. The summed E-state index contributed by atoms with van der Waals surface area (Å²) in [5.41, 5.74) is 0. The summed E-state index contributed by atoms with van der Waals surface area (Å²) < 4.78 is 5.36. The van der Waals surface area contributed by atoms with E-state index in [0.717, 1.165) is 0 Å². The molecule has 0 saturated carbocycles. The van der Waals surface area contributed by atoms with Gasteiger partial charge in [-0.15, -0.1) is 0 Å². The largest absolute Gasteiger partial charge is 0.494 e. The van der Waals surface area contributed by atoms with Gasteiger partial charge >= 0.3 is 5.97 Å². The van der Waals surface area contributed by atoms with Gasteiger partial charge in [0.2, 0.25) is 0 Å². The van der Waals surface area contributed by atoms with Crippen LogP contribution in [0.25, 0.3) is 0 Å². The van der Waals surface area contributed by atoms with Crippen LogP contribution in [0, 0.1) is 5.92 Å². The minimum atomic E-state index is -0.801. The molecule has 1 unspecified atom stereocenters. The van der Waals surface area contributed by atoms with Gasteiger partial charge in [0.05, 0.1) is 12.5 Å². The molecule has 0 heterocycles. The van der Waals surface area contributed by atoms with Crippen molar-refractivity contribution in [1.29, 1.82) is 0 Å². The lowest BCUT2D eigenvalue weighted by molar-refractivity contribution is -0.141. The second kappa shape index (κ2) is 5.61. The van der Waals surface area contributed by atoms with Crippen LogP contribution in [0.1, 0.15) is 13.3 Å². The van der Waals surface area contributed by atoms with Crippen molar-refractivity contribution in [1.82, 2.24) is 0 Å². The Morgan fingerprint density at radius 2 is 2.33 bits per heavy atom. The van der Waals surface area contributed by atoms with Gasteiger partial charge in [0.25, 0.3) is 0 Å². The maximum Gasteiger partial charge on any atom is 0.306 e. The van der Waals surface area contributed by atoms with E-state index in [4.69, 9.17) is 21.4 Å². The van der Waals surface area contributed by atoms with Crippen molar-refractivity contribution in [2.45, 2.75) is 13.3 Å². The van der Waals surface area contributed by atoms with Crippen LogP contribution in [-0.4, -0.2) is 17.7 Å². The second-order valence-electron chi connectivity index (χ2n) is 3.33. The zero-order chi connectivity index (χ0) is 11.3. The number of benzene rings is 1. The maximum atomic E-state index is 10.5. The summed E-state index contributed by atoms with van der Waals surface area (Å²) in [4.78, 5) is 10.5. The second-order valence-corrected chi connectivity index (χ2v) is 3.77. The number of carboxylic acid groups (broad SMARTS) is 1. The lowest BCUT2D eigenvalue weighted by Crippen LogP contribution is -2.13. The molecule has 0 saturated heterocycles. The van der Waals surface area contributed by atoms with E-state index in [1.807, 2.05) is 0 Å². The predicted molar refractivity (Wildman–Crippen MR) is 58.4 cm³/mol. The van der Waals surface area contributed by atoms with Gasteiger partial charge in [-0.1, -0.05) is 24.6 Å². The number of rotatable bonds is 5. The minimum absolute atomic E-state index is 0.383. The van der Waals surface area contributed by atoms with E-state index < -0.39 is 5.97 Å². The third-order valence-electron chi connectivity index (χ3n) is 2.04. The standard InChI is InChI=1S/C11H13ClO3/c1-8(11(13)14)5-6-15-10-4-2-3-9(12)7-10/h2-4,7-8H,5-6H2,1H3,(H,13,14). The summed E-state index contributed by atoms with van der Waals surface area (Å²) in [5, 5.41) is 9.26. The number of aliphatic carboxylic acids is 1. The van der Waals surface area contributed by atoms with E-state index in [9.17, 15) is 4.79 Å². The van der Waals surface area contributed by atoms with Crippen molar-refractivity contribution < 1.29 is 14.6 Å². The summed E-state index contributed by atoms with van der Waals surface area (Å²) >= 11 is 5.76. The lowest BCUT2D eigenvalue weighted by Gasteiger charge is -2.08. The Labute approximate surface area is 93.6 Å². The molecule has 1 aromatic rings. The summed E-state index contributed by atoms with van der Waals surface area (Å²) in [6.07, 6.45) is 0.488. The summed E-state index contributed by atoms with van der Waals surface area (Å²) in [7, 11) is 0. The number of hydrogen-bond donors (Lipinski definition) is 1. The summed E-state index contributed by atoms with van der Waals surface area (Å²) in [6, 6.07) is 7.04. The molecule has 4 heteroatoms. The van der Waals surface area contributed by atoms with Gasteiger partial charge in [-0.2, -0.15) is 0 Å². The molecule has 3 nitrogen and oxygen atoms in total. The molecule has 0 aliphatic heterocycles. The predicted octanol–water partition coefficient (Wildman–Crippen LogP) is 2.83. The third kappa shape index (κ3) is 4.21.